The second kappa shape index (κ2) is 4.37. The van der Waals surface area contributed by atoms with E-state index in [0.29, 0.717) is 10.7 Å². The summed E-state index contributed by atoms with van der Waals surface area (Å²) < 4.78 is 0. The van der Waals surface area contributed by atoms with E-state index in [4.69, 9.17) is 6.42 Å². The smallest absolute Gasteiger partial charge is 0.187 e. The third kappa shape index (κ3) is 1.68. The molecule has 0 aliphatic rings. The Bertz CT molecular complexity index is 574. The number of nitrogens with zero attached hydrogens (tertiary/aromatic N) is 3. The molecule has 0 aromatic carbocycles. The number of rotatable bonds is 2. The molecule has 1 N–H and O–H groups in total. The summed E-state index contributed by atoms with van der Waals surface area (Å²) in [4.78, 5) is 12.8. The van der Waals surface area contributed by atoms with Crippen LogP contribution in [0, 0.1) is 12.3 Å². The number of pyridine rings is 1. The predicted octanol–water partition coefficient (Wildman–Crippen LogP) is 1.77. The Labute approximate surface area is 97.9 Å². The molecular weight excluding hydrogens is 220 g/mol. The van der Waals surface area contributed by atoms with Crippen molar-refractivity contribution in [2.45, 2.75) is 5.16 Å². The van der Waals surface area contributed by atoms with Crippen LogP contribution < -0.4 is 5.32 Å². The highest BCUT2D eigenvalue weighted by molar-refractivity contribution is 7.98. The van der Waals surface area contributed by atoms with E-state index in [9.17, 15) is 0 Å². The van der Waals surface area contributed by atoms with Gasteiger partial charge in [0.05, 0.1) is 16.5 Å². The maximum Gasteiger partial charge on any atom is 0.187 e. The molecule has 2 aromatic rings. The van der Waals surface area contributed by atoms with Crippen LogP contribution in [0.3, 0.4) is 0 Å². The van der Waals surface area contributed by atoms with Crippen LogP contribution in [0.5, 0.6) is 0 Å². The minimum Gasteiger partial charge on any atom is -0.373 e. The Hall–Kier alpha value is -1.80. The zero-order valence-corrected chi connectivity index (χ0v) is 9.80. The molecule has 0 spiro atoms. The summed E-state index contributed by atoms with van der Waals surface area (Å²) in [5, 5.41) is 4.54. The maximum atomic E-state index is 5.42. The molecule has 2 heterocycles. The van der Waals surface area contributed by atoms with Gasteiger partial charge in [-0.1, -0.05) is 17.7 Å². The zero-order valence-electron chi connectivity index (χ0n) is 8.98. The van der Waals surface area contributed by atoms with Crippen molar-refractivity contribution in [1.82, 2.24) is 15.0 Å². The Balaban J connectivity index is 2.81. The fraction of sp³-hybridized carbons (Fsp3) is 0.182. The lowest BCUT2D eigenvalue weighted by molar-refractivity contribution is 1.00. The molecule has 0 radical (unpaired) electrons. The summed E-state index contributed by atoms with van der Waals surface area (Å²) in [6.07, 6.45) is 10.7. The van der Waals surface area contributed by atoms with Crippen molar-refractivity contribution in [3.05, 3.63) is 18.0 Å². The first-order valence-corrected chi connectivity index (χ1v) is 5.86. The van der Waals surface area contributed by atoms with Crippen molar-refractivity contribution in [1.29, 1.82) is 0 Å². The van der Waals surface area contributed by atoms with Gasteiger partial charge in [-0.3, -0.25) is 0 Å². The van der Waals surface area contributed by atoms with Gasteiger partial charge < -0.3 is 5.32 Å². The van der Waals surface area contributed by atoms with E-state index in [0.717, 1.165) is 16.7 Å². The largest absolute Gasteiger partial charge is 0.373 e. The van der Waals surface area contributed by atoms with Crippen LogP contribution in [0.4, 0.5) is 5.82 Å². The number of aromatic nitrogens is 3. The highest BCUT2D eigenvalue weighted by Crippen LogP contribution is 2.23. The molecule has 0 aliphatic carbocycles. The lowest BCUT2D eigenvalue weighted by Crippen LogP contribution is -1.98. The van der Waals surface area contributed by atoms with E-state index in [-0.39, 0.29) is 0 Å². The topological polar surface area (TPSA) is 50.7 Å². The van der Waals surface area contributed by atoms with Crippen molar-refractivity contribution in [2.24, 2.45) is 0 Å². The summed E-state index contributed by atoms with van der Waals surface area (Å²) in [7, 11) is 1.81. The third-order valence-electron chi connectivity index (χ3n) is 2.17. The lowest BCUT2D eigenvalue weighted by Gasteiger charge is -2.06. The average molecular weight is 230 g/mol. The SMILES string of the molecule is C#Cc1cnc(NC)c2cnc(SC)nc12. The van der Waals surface area contributed by atoms with Crippen molar-refractivity contribution in [3.8, 4) is 12.3 Å². The molecule has 0 fully saturated rings. The quantitative estimate of drug-likeness (QED) is 0.484. The van der Waals surface area contributed by atoms with Gasteiger partial charge in [-0.15, -0.1) is 6.42 Å². The Morgan fingerprint density at radius 3 is 2.81 bits per heavy atom. The van der Waals surface area contributed by atoms with Gasteiger partial charge in [-0.05, 0) is 6.26 Å². The Morgan fingerprint density at radius 2 is 2.19 bits per heavy atom. The minimum absolute atomic E-state index is 0.687. The normalized spacial score (nSPS) is 10.1. The van der Waals surface area contributed by atoms with Gasteiger partial charge in [0, 0.05) is 19.4 Å². The summed E-state index contributed by atoms with van der Waals surface area (Å²) in [6.45, 7) is 0. The van der Waals surface area contributed by atoms with Gasteiger partial charge in [-0.2, -0.15) is 0 Å². The van der Waals surface area contributed by atoms with Crippen LogP contribution in [0.1, 0.15) is 5.56 Å². The van der Waals surface area contributed by atoms with Gasteiger partial charge in [0.1, 0.15) is 5.82 Å². The molecule has 2 aromatic heterocycles. The van der Waals surface area contributed by atoms with E-state index in [1.807, 2.05) is 6.26 Å². The van der Waals surface area contributed by atoms with Crippen molar-refractivity contribution >= 4 is 28.5 Å². The summed E-state index contributed by atoms with van der Waals surface area (Å²) in [5.74, 6) is 3.32. The van der Waals surface area contributed by atoms with E-state index < -0.39 is 0 Å². The van der Waals surface area contributed by atoms with Gasteiger partial charge in [0.2, 0.25) is 0 Å². The first-order valence-electron chi connectivity index (χ1n) is 4.64. The lowest BCUT2D eigenvalue weighted by atomic mass is 10.2. The number of terminal acetylenes is 1. The van der Waals surface area contributed by atoms with Crippen LogP contribution in [0.15, 0.2) is 17.6 Å². The summed E-state index contributed by atoms with van der Waals surface area (Å²) in [6, 6.07) is 0. The van der Waals surface area contributed by atoms with Crippen LogP contribution in [0.2, 0.25) is 0 Å². The van der Waals surface area contributed by atoms with Gasteiger partial charge in [0.15, 0.2) is 5.16 Å². The number of fused-ring (bicyclic) bond motifs is 1. The number of thioether (sulfide) groups is 1. The minimum atomic E-state index is 0.687. The van der Waals surface area contributed by atoms with Crippen LogP contribution in [-0.4, -0.2) is 28.3 Å². The van der Waals surface area contributed by atoms with Crippen LogP contribution >= 0.6 is 11.8 Å². The second-order valence-corrected chi connectivity index (χ2v) is 3.81. The standard InChI is InChI=1S/C11H10N4S/c1-4-7-5-13-10(12-2)8-6-14-11(16-3)15-9(7)8/h1,5-6H,2-3H3,(H,12,13). The fourth-order valence-electron chi connectivity index (χ4n) is 1.41. The van der Waals surface area contributed by atoms with Gasteiger partial charge >= 0.3 is 0 Å². The fourth-order valence-corrected chi connectivity index (χ4v) is 1.75. The first-order chi connectivity index (χ1) is 7.80. The van der Waals surface area contributed by atoms with Crippen LogP contribution in [-0.2, 0) is 0 Å². The molecule has 0 unspecified atom stereocenters. The number of anilines is 1. The highest BCUT2D eigenvalue weighted by atomic mass is 32.2. The number of nitrogens with one attached hydrogen (secondary N) is 1. The number of hydrogen-bond acceptors (Lipinski definition) is 5. The van der Waals surface area contributed by atoms with Gasteiger partial charge in [-0.25, -0.2) is 15.0 Å². The molecule has 80 valence electrons. The first kappa shape index (κ1) is 10.7. The number of hydrogen-bond donors (Lipinski definition) is 1. The maximum absolute atomic E-state index is 5.42. The molecule has 16 heavy (non-hydrogen) atoms. The summed E-state index contributed by atoms with van der Waals surface area (Å²) >= 11 is 1.48. The van der Waals surface area contributed by atoms with E-state index in [2.05, 4.69) is 26.2 Å². The van der Waals surface area contributed by atoms with E-state index in [1.165, 1.54) is 11.8 Å². The van der Waals surface area contributed by atoms with Gasteiger partial charge in [0.25, 0.3) is 0 Å². The monoisotopic (exact) mass is 230 g/mol. The van der Waals surface area contributed by atoms with Crippen molar-refractivity contribution in [2.75, 3.05) is 18.6 Å². The molecule has 0 saturated carbocycles. The van der Waals surface area contributed by atoms with E-state index in [1.54, 1.807) is 19.4 Å². The van der Waals surface area contributed by atoms with E-state index >= 15 is 0 Å². The molecule has 4 nitrogen and oxygen atoms in total. The van der Waals surface area contributed by atoms with Crippen molar-refractivity contribution < 1.29 is 0 Å². The molecule has 0 bridgehead atoms. The highest BCUT2D eigenvalue weighted by Gasteiger charge is 2.08. The van der Waals surface area contributed by atoms with Crippen LogP contribution in [0.25, 0.3) is 10.9 Å². The molecule has 0 saturated heterocycles. The molecule has 0 amide bonds. The molecule has 0 aliphatic heterocycles. The molecule has 0 atom stereocenters. The predicted molar refractivity (Wildman–Crippen MR) is 66.6 cm³/mol. The zero-order chi connectivity index (χ0) is 11.5. The second-order valence-electron chi connectivity index (χ2n) is 3.03. The van der Waals surface area contributed by atoms with Crippen molar-refractivity contribution in [3.63, 3.8) is 0 Å². The molecular formula is C11H10N4S. The molecule has 2 rings (SSSR count). The summed E-state index contributed by atoms with van der Waals surface area (Å²) in [5.41, 5.74) is 1.45. The molecule has 5 heteroatoms. The Morgan fingerprint density at radius 1 is 1.38 bits per heavy atom. The Kier molecular flexibility index (Phi) is 2.93. The average Bonchev–Trinajstić information content (AvgIpc) is 2.36. The third-order valence-corrected chi connectivity index (χ3v) is 2.74.